The summed E-state index contributed by atoms with van der Waals surface area (Å²) < 4.78 is 4.93. The molecule has 0 unspecified atom stereocenters. The second-order valence-corrected chi connectivity index (χ2v) is 5.18. The van der Waals surface area contributed by atoms with E-state index in [4.69, 9.17) is 4.52 Å². The van der Waals surface area contributed by atoms with Crippen LogP contribution in [-0.4, -0.2) is 27.1 Å². The van der Waals surface area contributed by atoms with E-state index < -0.39 is 4.92 Å². The van der Waals surface area contributed by atoms with Gasteiger partial charge in [0, 0.05) is 31.5 Å². The standard InChI is InChI=1S/C15H12N6O3/c1-9-17-14(19-24-9)8-20(2)15-5-10(7-16)12-6-11(21(22)23)3-4-13(12)18-15/h3-6H,8H2,1-2H3. The smallest absolute Gasteiger partial charge is 0.270 e. The second kappa shape index (κ2) is 5.92. The van der Waals surface area contributed by atoms with Gasteiger partial charge in [-0.1, -0.05) is 5.16 Å². The van der Waals surface area contributed by atoms with Crippen LogP contribution in [0.5, 0.6) is 0 Å². The number of hydrogen-bond acceptors (Lipinski definition) is 8. The van der Waals surface area contributed by atoms with Crippen molar-refractivity contribution >= 4 is 22.4 Å². The van der Waals surface area contributed by atoms with Crippen LogP contribution in [0.3, 0.4) is 0 Å². The number of benzene rings is 1. The normalized spacial score (nSPS) is 10.5. The van der Waals surface area contributed by atoms with Crippen molar-refractivity contribution in [2.45, 2.75) is 13.5 Å². The summed E-state index contributed by atoms with van der Waals surface area (Å²) in [6, 6.07) is 7.89. The number of nitrogens with zero attached hydrogens (tertiary/aromatic N) is 6. The van der Waals surface area contributed by atoms with Gasteiger partial charge in [0.15, 0.2) is 5.82 Å². The minimum Gasteiger partial charge on any atom is -0.352 e. The lowest BCUT2D eigenvalue weighted by Crippen LogP contribution is -2.18. The Hall–Kier alpha value is -3.54. The maximum atomic E-state index is 10.9. The summed E-state index contributed by atoms with van der Waals surface area (Å²) in [5, 5.41) is 24.5. The molecule has 0 saturated carbocycles. The Labute approximate surface area is 136 Å². The first kappa shape index (κ1) is 15.4. The fourth-order valence-electron chi connectivity index (χ4n) is 2.30. The highest BCUT2D eigenvalue weighted by molar-refractivity contribution is 5.88. The zero-order valence-electron chi connectivity index (χ0n) is 12.9. The van der Waals surface area contributed by atoms with Crippen LogP contribution in [0.4, 0.5) is 11.5 Å². The number of non-ortho nitro benzene ring substituents is 1. The zero-order chi connectivity index (χ0) is 17.3. The monoisotopic (exact) mass is 324 g/mol. The number of aryl methyl sites for hydroxylation is 1. The molecule has 9 nitrogen and oxygen atoms in total. The molecule has 0 atom stereocenters. The molecule has 3 rings (SSSR count). The molecule has 0 bridgehead atoms. The minimum atomic E-state index is -0.501. The van der Waals surface area contributed by atoms with Crippen molar-refractivity contribution in [1.82, 2.24) is 15.1 Å². The van der Waals surface area contributed by atoms with E-state index in [-0.39, 0.29) is 5.69 Å². The van der Waals surface area contributed by atoms with Crippen LogP contribution >= 0.6 is 0 Å². The summed E-state index contributed by atoms with van der Waals surface area (Å²) in [6.45, 7) is 2.05. The van der Waals surface area contributed by atoms with Gasteiger partial charge in [-0.3, -0.25) is 10.1 Å². The molecule has 24 heavy (non-hydrogen) atoms. The molecule has 0 fully saturated rings. The quantitative estimate of drug-likeness (QED) is 0.529. The highest BCUT2D eigenvalue weighted by Crippen LogP contribution is 2.26. The molecular formula is C15H12N6O3. The van der Waals surface area contributed by atoms with Gasteiger partial charge in [0.2, 0.25) is 5.89 Å². The van der Waals surface area contributed by atoms with E-state index >= 15 is 0 Å². The molecule has 0 aliphatic rings. The van der Waals surface area contributed by atoms with Crippen molar-refractivity contribution in [2.75, 3.05) is 11.9 Å². The van der Waals surface area contributed by atoms with E-state index in [2.05, 4.69) is 21.2 Å². The Kier molecular flexibility index (Phi) is 3.79. The summed E-state index contributed by atoms with van der Waals surface area (Å²) in [5.74, 6) is 1.50. The van der Waals surface area contributed by atoms with E-state index in [1.807, 2.05) is 0 Å². The number of nitriles is 1. The maximum absolute atomic E-state index is 10.9. The van der Waals surface area contributed by atoms with Gasteiger partial charge >= 0.3 is 0 Å². The molecule has 3 aromatic rings. The first-order valence-corrected chi connectivity index (χ1v) is 6.97. The first-order valence-electron chi connectivity index (χ1n) is 6.97. The van der Waals surface area contributed by atoms with E-state index in [1.54, 1.807) is 24.9 Å². The topological polar surface area (TPSA) is 122 Å². The van der Waals surface area contributed by atoms with Crippen molar-refractivity contribution in [2.24, 2.45) is 0 Å². The fraction of sp³-hybridized carbons (Fsp3) is 0.200. The Balaban J connectivity index is 2.01. The summed E-state index contributed by atoms with van der Waals surface area (Å²) >= 11 is 0. The third kappa shape index (κ3) is 2.85. The number of nitro groups is 1. The first-order chi connectivity index (χ1) is 11.5. The van der Waals surface area contributed by atoms with Gasteiger partial charge in [-0.05, 0) is 12.1 Å². The average molecular weight is 324 g/mol. The zero-order valence-corrected chi connectivity index (χ0v) is 12.9. The van der Waals surface area contributed by atoms with Crippen LogP contribution in [0.15, 0.2) is 28.8 Å². The molecule has 0 amide bonds. The van der Waals surface area contributed by atoms with Crippen LogP contribution in [0.1, 0.15) is 17.3 Å². The second-order valence-electron chi connectivity index (χ2n) is 5.18. The van der Waals surface area contributed by atoms with Gasteiger partial charge in [0.1, 0.15) is 5.82 Å². The summed E-state index contributed by atoms with van der Waals surface area (Å²) in [5.41, 5.74) is 0.741. The van der Waals surface area contributed by atoms with Crippen molar-refractivity contribution in [1.29, 1.82) is 5.26 Å². The molecule has 0 aliphatic carbocycles. The molecule has 9 heteroatoms. The molecule has 0 N–H and O–H groups in total. The van der Waals surface area contributed by atoms with E-state index in [0.29, 0.717) is 40.5 Å². The molecule has 2 heterocycles. The number of hydrogen-bond donors (Lipinski definition) is 0. The van der Waals surface area contributed by atoms with Crippen LogP contribution in [0, 0.1) is 28.4 Å². The van der Waals surface area contributed by atoms with Crippen LogP contribution in [-0.2, 0) is 6.54 Å². The minimum absolute atomic E-state index is 0.0795. The number of fused-ring (bicyclic) bond motifs is 1. The van der Waals surface area contributed by atoms with E-state index in [0.717, 1.165) is 0 Å². The lowest BCUT2D eigenvalue weighted by molar-refractivity contribution is -0.384. The highest BCUT2D eigenvalue weighted by atomic mass is 16.6. The molecule has 2 aromatic heterocycles. The lowest BCUT2D eigenvalue weighted by atomic mass is 10.1. The van der Waals surface area contributed by atoms with Crippen LogP contribution in [0.2, 0.25) is 0 Å². The third-order valence-corrected chi connectivity index (χ3v) is 3.45. The fourth-order valence-corrected chi connectivity index (χ4v) is 2.30. The number of nitro benzene ring substituents is 1. The van der Waals surface area contributed by atoms with Crippen molar-refractivity contribution in [3.05, 3.63) is 51.7 Å². The van der Waals surface area contributed by atoms with Gasteiger partial charge in [-0.25, -0.2) is 4.98 Å². The SMILES string of the molecule is Cc1nc(CN(C)c2cc(C#N)c3cc([N+](=O)[O-])ccc3n2)no1. The van der Waals surface area contributed by atoms with Crippen LogP contribution < -0.4 is 4.90 Å². The largest absolute Gasteiger partial charge is 0.352 e. The maximum Gasteiger partial charge on any atom is 0.270 e. The lowest BCUT2D eigenvalue weighted by Gasteiger charge is -2.17. The molecule has 0 spiro atoms. The predicted molar refractivity (Wildman–Crippen MR) is 84.3 cm³/mol. The molecule has 120 valence electrons. The molecule has 0 radical (unpaired) electrons. The summed E-state index contributed by atoms with van der Waals surface area (Å²) in [4.78, 5) is 20.7. The van der Waals surface area contributed by atoms with Crippen LogP contribution in [0.25, 0.3) is 10.9 Å². The molecular weight excluding hydrogens is 312 g/mol. The van der Waals surface area contributed by atoms with Crippen molar-refractivity contribution in [3.8, 4) is 6.07 Å². The molecule has 0 saturated heterocycles. The van der Waals surface area contributed by atoms with Gasteiger partial charge in [-0.2, -0.15) is 10.2 Å². The van der Waals surface area contributed by atoms with Gasteiger partial charge in [-0.15, -0.1) is 0 Å². The van der Waals surface area contributed by atoms with E-state index in [9.17, 15) is 15.4 Å². The predicted octanol–water partition coefficient (Wildman–Crippen LogP) is 2.34. The van der Waals surface area contributed by atoms with Crippen molar-refractivity contribution in [3.63, 3.8) is 0 Å². The summed E-state index contributed by atoms with van der Waals surface area (Å²) in [6.07, 6.45) is 0. The molecule has 1 aromatic carbocycles. The van der Waals surface area contributed by atoms with Gasteiger partial charge in [0.25, 0.3) is 5.69 Å². The number of rotatable bonds is 4. The van der Waals surface area contributed by atoms with E-state index in [1.165, 1.54) is 18.2 Å². The average Bonchev–Trinajstić information content (AvgIpc) is 2.97. The van der Waals surface area contributed by atoms with Crippen molar-refractivity contribution < 1.29 is 9.45 Å². The van der Waals surface area contributed by atoms with Gasteiger partial charge < -0.3 is 9.42 Å². The highest BCUT2D eigenvalue weighted by Gasteiger charge is 2.14. The number of aromatic nitrogens is 3. The Morgan fingerprint density at radius 3 is 2.79 bits per heavy atom. The third-order valence-electron chi connectivity index (χ3n) is 3.45. The number of anilines is 1. The Bertz CT molecular complexity index is 975. The molecule has 0 aliphatic heterocycles. The number of pyridine rings is 1. The Morgan fingerprint density at radius 1 is 1.38 bits per heavy atom. The Morgan fingerprint density at radius 2 is 2.17 bits per heavy atom. The van der Waals surface area contributed by atoms with Gasteiger partial charge in [0.05, 0.1) is 28.6 Å². The summed E-state index contributed by atoms with van der Waals surface area (Å²) in [7, 11) is 1.78.